The van der Waals surface area contributed by atoms with Crippen molar-refractivity contribution in [3.05, 3.63) is 11.8 Å². The van der Waals surface area contributed by atoms with Gasteiger partial charge in [0.25, 0.3) is 0 Å². The summed E-state index contributed by atoms with van der Waals surface area (Å²) in [6.07, 6.45) is 0.987. The van der Waals surface area contributed by atoms with Crippen molar-refractivity contribution >= 4 is 0 Å². The van der Waals surface area contributed by atoms with E-state index in [9.17, 15) is 0 Å². The van der Waals surface area contributed by atoms with Crippen LogP contribution < -0.4 is 5.32 Å². The maximum absolute atomic E-state index is 5.65. The summed E-state index contributed by atoms with van der Waals surface area (Å²) in [6, 6.07) is 0. The number of hydrogen-bond acceptors (Lipinski definition) is 4. The van der Waals surface area contributed by atoms with Crippen LogP contribution in [0.4, 0.5) is 0 Å². The molecule has 0 saturated heterocycles. The molecule has 4 nitrogen and oxygen atoms in total. The molecule has 16 heavy (non-hydrogen) atoms. The van der Waals surface area contributed by atoms with E-state index in [1.807, 2.05) is 0 Å². The SMILES string of the molecule is CCC(C)(C)c1nnc(CNC(C)(C)C)o1. The van der Waals surface area contributed by atoms with Crippen molar-refractivity contribution in [2.24, 2.45) is 0 Å². The Morgan fingerprint density at radius 2 is 1.75 bits per heavy atom. The highest BCUT2D eigenvalue weighted by Gasteiger charge is 2.25. The minimum atomic E-state index is -0.0347. The molecule has 0 bridgehead atoms. The van der Waals surface area contributed by atoms with Crippen LogP contribution in [0.25, 0.3) is 0 Å². The standard InChI is InChI=1S/C12H23N3O/c1-7-12(5,6)10-15-14-9(16-10)8-13-11(2,3)4/h13H,7-8H2,1-6H3. The van der Waals surface area contributed by atoms with Crippen LogP contribution >= 0.6 is 0 Å². The van der Waals surface area contributed by atoms with Crippen LogP contribution in [0.3, 0.4) is 0 Å². The number of hydrogen-bond donors (Lipinski definition) is 1. The van der Waals surface area contributed by atoms with Gasteiger partial charge >= 0.3 is 0 Å². The molecule has 92 valence electrons. The van der Waals surface area contributed by atoms with Gasteiger partial charge in [-0.2, -0.15) is 0 Å². The van der Waals surface area contributed by atoms with Crippen LogP contribution in [0, 0.1) is 0 Å². The average molecular weight is 225 g/mol. The molecule has 0 unspecified atom stereocenters. The number of nitrogens with one attached hydrogen (secondary N) is 1. The van der Waals surface area contributed by atoms with E-state index in [1.165, 1.54) is 0 Å². The molecule has 1 N–H and O–H groups in total. The molecule has 0 fully saturated rings. The summed E-state index contributed by atoms with van der Waals surface area (Å²) >= 11 is 0. The van der Waals surface area contributed by atoms with Crippen LogP contribution in [0.1, 0.15) is 59.7 Å². The summed E-state index contributed by atoms with van der Waals surface area (Å²) in [7, 11) is 0. The Balaban J connectivity index is 2.66. The maximum Gasteiger partial charge on any atom is 0.230 e. The third kappa shape index (κ3) is 3.59. The zero-order valence-corrected chi connectivity index (χ0v) is 11.2. The molecule has 0 aromatic carbocycles. The van der Waals surface area contributed by atoms with Crippen LogP contribution in [-0.4, -0.2) is 15.7 Å². The van der Waals surface area contributed by atoms with Crippen LogP contribution in [-0.2, 0) is 12.0 Å². The highest BCUT2D eigenvalue weighted by Crippen LogP contribution is 2.25. The molecule has 1 heterocycles. The first-order valence-electron chi connectivity index (χ1n) is 5.82. The molecule has 0 atom stereocenters. The fourth-order valence-electron chi connectivity index (χ4n) is 1.09. The zero-order valence-electron chi connectivity index (χ0n) is 11.2. The van der Waals surface area contributed by atoms with Gasteiger partial charge in [0.15, 0.2) is 0 Å². The Bertz CT molecular complexity index is 336. The van der Waals surface area contributed by atoms with Gasteiger partial charge in [0.05, 0.1) is 6.54 Å². The van der Waals surface area contributed by atoms with E-state index in [4.69, 9.17) is 4.42 Å². The topological polar surface area (TPSA) is 51.0 Å². The van der Waals surface area contributed by atoms with Crippen molar-refractivity contribution in [1.82, 2.24) is 15.5 Å². The smallest absolute Gasteiger partial charge is 0.230 e. The fraction of sp³-hybridized carbons (Fsp3) is 0.833. The first-order valence-corrected chi connectivity index (χ1v) is 5.82. The van der Waals surface area contributed by atoms with Crippen molar-refractivity contribution in [2.45, 2.75) is 65.5 Å². The molecule has 0 spiro atoms. The highest BCUT2D eigenvalue weighted by molar-refractivity contribution is 4.98. The second-order valence-corrected chi connectivity index (χ2v) is 5.84. The van der Waals surface area contributed by atoms with Crippen LogP contribution in [0.2, 0.25) is 0 Å². The Labute approximate surface area is 97.8 Å². The van der Waals surface area contributed by atoms with Crippen molar-refractivity contribution in [2.75, 3.05) is 0 Å². The summed E-state index contributed by atoms with van der Waals surface area (Å²) in [5.74, 6) is 1.38. The Morgan fingerprint density at radius 3 is 2.25 bits per heavy atom. The Morgan fingerprint density at radius 1 is 1.12 bits per heavy atom. The van der Waals surface area contributed by atoms with Crippen molar-refractivity contribution in [3.8, 4) is 0 Å². The van der Waals surface area contributed by atoms with Gasteiger partial charge in [0.1, 0.15) is 0 Å². The van der Waals surface area contributed by atoms with Gasteiger partial charge in [-0.1, -0.05) is 20.8 Å². The summed E-state index contributed by atoms with van der Waals surface area (Å²) in [5, 5.41) is 11.5. The van der Waals surface area contributed by atoms with Crippen LogP contribution in [0.5, 0.6) is 0 Å². The predicted octanol–water partition coefficient (Wildman–Crippen LogP) is 2.65. The molecule has 1 aromatic heterocycles. The number of rotatable bonds is 4. The van der Waals surface area contributed by atoms with Gasteiger partial charge in [-0.05, 0) is 27.2 Å². The maximum atomic E-state index is 5.65. The molecule has 0 aliphatic heterocycles. The molecular formula is C12H23N3O. The van der Waals surface area contributed by atoms with Gasteiger partial charge in [-0.15, -0.1) is 10.2 Å². The minimum absolute atomic E-state index is 0.0347. The third-order valence-corrected chi connectivity index (χ3v) is 2.70. The van der Waals surface area contributed by atoms with E-state index in [0.29, 0.717) is 12.4 Å². The van der Waals surface area contributed by atoms with Gasteiger partial charge in [0, 0.05) is 11.0 Å². The van der Waals surface area contributed by atoms with Gasteiger partial charge in [0.2, 0.25) is 11.8 Å². The van der Waals surface area contributed by atoms with E-state index >= 15 is 0 Å². The third-order valence-electron chi connectivity index (χ3n) is 2.70. The molecule has 1 rings (SSSR count). The number of aromatic nitrogens is 2. The largest absolute Gasteiger partial charge is 0.423 e. The molecule has 0 aliphatic carbocycles. The monoisotopic (exact) mass is 225 g/mol. The van der Waals surface area contributed by atoms with E-state index in [-0.39, 0.29) is 11.0 Å². The molecule has 0 aliphatic rings. The highest BCUT2D eigenvalue weighted by atomic mass is 16.4. The summed E-state index contributed by atoms with van der Waals surface area (Å²) in [6.45, 7) is 13.3. The average Bonchev–Trinajstić information content (AvgIpc) is 2.62. The Kier molecular flexibility index (Phi) is 3.73. The first-order chi connectivity index (χ1) is 7.24. The van der Waals surface area contributed by atoms with E-state index in [2.05, 4.69) is 57.1 Å². The van der Waals surface area contributed by atoms with Crippen molar-refractivity contribution < 1.29 is 4.42 Å². The van der Waals surface area contributed by atoms with Crippen LogP contribution in [0.15, 0.2) is 4.42 Å². The molecule has 0 radical (unpaired) electrons. The van der Waals surface area contributed by atoms with E-state index < -0.39 is 0 Å². The summed E-state index contributed by atoms with van der Waals surface area (Å²) in [4.78, 5) is 0. The summed E-state index contributed by atoms with van der Waals surface area (Å²) in [5.41, 5.74) is 0.0297. The second kappa shape index (κ2) is 4.53. The molecule has 0 amide bonds. The molecule has 4 heteroatoms. The lowest BCUT2D eigenvalue weighted by Gasteiger charge is -2.19. The van der Waals surface area contributed by atoms with Gasteiger partial charge in [-0.3, -0.25) is 0 Å². The van der Waals surface area contributed by atoms with Gasteiger partial charge < -0.3 is 9.73 Å². The predicted molar refractivity (Wildman–Crippen MR) is 64.2 cm³/mol. The van der Waals surface area contributed by atoms with Gasteiger partial charge in [-0.25, -0.2) is 0 Å². The number of nitrogens with zero attached hydrogens (tertiary/aromatic N) is 2. The zero-order chi connectivity index (χ0) is 12.4. The normalized spacial score (nSPS) is 13.1. The van der Waals surface area contributed by atoms with E-state index in [0.717, 1.165) is 12.3 Å². The minimum Gasteiger partial charge on any atom is -0.423 e. The lowest BCUT2D eigenvalue weighted by molar-refractivity contribution is 0.325. The molecule has 1 aromatic rings. The lowest BCUT2D eigenvalue weighted by atomic mass is 9.90. The van der Waals surface area contributed by atoms with Crippen molar-refractivity contribution in [1.29, 1.82) is 0 Å². The summed E-state index contributed by atoms with van der Waals surface area (Å²) < 4.78 is 5.65. The Hall–Kier alpha value is -0.900. The second-order valence-electron chi connectivity index (χ2n) is 5.84. The van der Waals surface area contributed by atoms with Crippen molar-refractivity contribution in [3.63, 3.8) is 0 Å². The van der Waals surface area contributed by atoms with E-state index in [1.54, 1.807) is 0 Å². The quantitative estimate of drug-likeness (QED) is 0.856. The molecule has 0 saturated carbocycles. The lowest BCUT2D eigenvalue weighted by Crippen LogP contribution is -2.35. The first kappa shape index (κ1) is 13.2. The molecular weight excluding hydrogens is 202 g/mol. The fourth-order valence-corrected chi connectivity index (χ4v) is 1.09.